The van der Waals surface area contributed by atoms with Crippen LogP contribution in [0.15, 0.2) is 42.5 Å². The molecule has 0 aliphatic carbocycles. The molecule has 11 nitrogen and oxygen atoms in total. The minimum atomic E-state index is -0.545. The number of ether oxygens (including phenoxy) is 1. The molecule has 4 rings (SSSR count). The lowest BCUT2D eigenvalue weighted by Gasteiger charge is -2.36. The van der Waals surface area contributed by atoms with E-state index >= 15 is 0 Å². The Hall–Kier alpha value is -3.77. The Labute approximate surface area is 214 Å². The van der Waals surface area contributed by atoms with Crippen LogP contribution < -0.4 is 20.4 Å². The fraction of sp³-hybridized carbons (Fsp3) is 0.375. The van der Waals surface area contributed by atoms with Crippen LogP contribution >= 0.6 is 12.2 Å². The standard InChI is InChI=1S/C24H28N6O5S/c1-17(31)27-8-10-28(11-9-27)20-5-3-2-4-19(20)25-24(36)26-23(32)18-6-7-21(22(16-18)30(33)34)29-12-14-35-15-13-29/h2-7,16H,8-15H2,1H3,(H2,25,26,32,36). The minimum absolute atomic E-state index is 0.0585. The number of benzene rings is 2. The number of carbonyl (C=O) groups is 2. The number of nitrogens with zero attached hydrogens (tertiary/aromatic N) is 4. The van der Waals surface area contributed by atoms with Gasteiger partial charge in [0, 0.05) is 57.8 Å². The highest BCUT2D eigenvalue weighted by Gasteiger charge is 2.24. The van der Waals surface area contributed by atoms with E-state index in [4.69, 9.17) is 17.0 Å². The van der Waals surface area contributed by atoms with Crippen molar-refractivity contribution < 1.29 is 19.2 Å². The molecule has 2 aliphatic heterocycles. The van der Waals surface area contributed by atoms with E-state index in [0.717, 1.165) is 5.69 Å². The van der Waals surface area contributed by atoms with Gasteiger partial charge in [-0.25, -0.2) is 0 Å². The predicted octanol–water partition coefficient (Wildman–Crippen LogP) is 2.23. The van der Waals surface area contributed by atoms with Crippen LogP contribution in [0.4, 0.5) is 22.7 Å². The number of nitro benzene ring substituents is 1. The van der Waals surface area contributed by atoms with Crippen LogP contribution in [0, 0.1) is 10.1 Å². The smallest absolute Gasteiger partial charge is 0.293 e. The number of anilines is 3. The summed E-state index contributed by atoms with van der Waals surface area (Å²) in [6, 6.07) is 12.0. The average molecular weight is 513 g/mol. The van der Waals surface area contributed by atoms with Crippen molar-refractivity contribution in [2.24, 2.45) is 0 Å². The van der Waals surface area contributed by atoms with Gasteiger partial charge in [-0.2, -0.15) is 0 Å². The third kappa shape index (κ3) is 5.89. The Bertz CT molecular complexity index is 1160. The molecular weight excluding hydrogens is 484 g/mol. The van der Waals surface area contributed by atoms with Crippen molar-refractivity contribution in [2.45, 2.75) is 6.92 Å². The molecule has 2 N–H and O–H groups in total. The van der Waals surface area contributed by atoms with Crippen molar-refractivity contribution in [3.8, 4) is 0 Å². The molecular formula is C24H28N6O5S. The van der Waals surface area contributed by atoms with Gasteiger partial charge in [-0.1, -0.05) is 12.1 Å². The summed E-state index contributed by atoms with van der Waals surface area (Å²) in [4.78, 5) is 41.5. The summed E-state index contributed by atoms with van der Waals surface area (Å²) in [6.45, 7) is 6.26. The second kappa shape index (κ2) is 11.3. The summed E-state index contributed by atoms with van der Waals surface area (Å²) in [5.41, 5.74) is 2.07. The van der Waals surface area contributed by atoms with Crippen LogP contribution in [-0.2, 0) is 9.53 Å². The zero-order valence-electron chi connectivity index (χ0n) is 19.9. The van der Waals surface area contributed by atoms with Gasteiger partial charge < -0.3 is 24.8 Å². The summed E-state index contributed by atoms with van der Waals surface area (Å²) in [5, 5.41) is 17.5. The predicted molar refractivity (Wildman–Crippen MR) is 141 cm³/mol. The Morgan fingerprint density at radius 1 is 0.972 bits per heavy atom. The molecule has 36 heavy (non-hydrogen) atoms. The molecule has 0 radical (unpaired) electrons. The lowest BCUT2D eigenvalue weighted by Crippen LogP contribution is -2.48. The summed E-state index contributed by atoms with van der Waals surface area (Å²) in [7, 11) is 0. The fourth-order valence-corrected chi connectivity index (χ4v) is 4.53. The van der Waals surface area contributed by atoms with Gasteiger partial charge in [-0.05, 0) is 36.5 Å². The zero-order valence-corrected chi connectivity index (χ0v) is 20.8. The van der Waals surface area contributed by atoms with Gasteiger partial charge in [-0.3, -0.25) is 25.0 Å². The van der Waals surface area contributed by atoms with Crippen LogP contribution in [0.25, 0.3) is 0 Å². The van der Waals surface area contributed by atoms with Crippen LogP contribution in [0.3, 0.4) is 0 Å². The maximum absolute atomic E-state index is 12.9. The lowest BCUT2D eigenvalue weighted by atomic mass is 10.1. The van der Waals surface area contributed by atoms with Crippen molar-refractivity contribution in [3.05, 3.63) is 58.1 Å². The van der Waals surface area contributed by atoms with Gasteiger partial charge in [0.1, 0.15) is 5.69 Å². The number of para-hydroxylation sites is 2. The quantitative estimate of drug-likeness (QED) is 0.353. The van der Waals surface area contributed by atoms with E-state index in [0.29, 0.717) is 63.9 Å². The van der Waals surface area contributed by atoms with Crippen molar-refractivity contribution in [3.63, 3.8) is 0 Å². The third-order valence-electron chi connectivity index (χ3n) is 6.23. The number of thiocarbonyl (C=S) groups is 1. The van der Waals surface area contributed by atoms with Crippen molar-refractivity contribution >= 4 is 51.9 Å². The first kappa shape index (κ1) is 25.3. The van der Waals surface area contributed by atoms with Crippen molar-refractivity contribution in [1.29, 1.82) is 0 Å². The molecule has 2 amide bonds. The molecule has 2 aliphatic rings. The van der Waals surface area contributed by atoms with Crippen LogP contribution in [0.2, 0.25) is 0 Å². The molecule has 12 heteroatoms. The molecule has 0 atom stereocenters. The lowest BCUT2D eigenvalue weighted by molar-refractivity contribution is -0.384. The number of rotatable bonds is 5. The van der Waals surface area contributed by atoms with E-state index in [1.165, 1.54) is 6.07 Å². The van der Waals surface area contributed by atoms with E-state index < -0.39 is 10.8 Å². The number of piperazine rings is 1. The molecule has 0 unspecified atom stereocenters. The number of hydrogen-bond acceptors (Lipinski definition) is 8. The van der Waals surface area contributed by atoms with Gasteiger partial charge in [-0.15, -0.1) is 0 Å². The highest BCUT2D eigenvalue weighted by molar-refractivity contribution is 7.80. The fourth-order valence-electron chi connectivity index (χ4n) is 4.33. The van der Waals surface area contributed by atoms with Crippen molar-refractivity contribution in [2.75, 3.05) is 67.6 Å². The largest absolute Gasteiger partial charge is 0.378 e. The second-order valence-corrected chi connectivity index (χ2v) is 8.89. The van der Waals surface area contributed by atoms with Gasteiger partial charge >= 0.3 is 0 Å². The Morgan fingerprint density at radius 3 is 2.31 bits per heavy atom. The van der Waals surface area contributed by atoms with E-state index in [2.05, 4.69) is 15.5 Å². The molecule has 0 saturated carbocycles. The van der Waals surface area contributed by atoms with E-state index in [-0.39, 0.29) is 22.3 Å². The Kier molecular flexibility index (Phi) is 7.96. The number of hydrogen-bond donors (Lipinski definition) is 2. The average Bonchev–Trinajstić information content (AvgIpc) is 2.89. The number of nitrogens with one attached hydrogen (secondary N) is 2. The van der Waals surface area contributed by atoms with E-state index in [1.54, 1.807) is 24.0 Å². The monoisotopic (exact) mass is 512 g/mol. The van der Waals surface area contributed by atoms with Crippen LogP contribution in [-0.4, -0.2) is 79.2 Å². The normalized spacial score (nSPS) is 15.9. The number of carbonyl (C=O) groups excluding carboxylic acids is 2. The Morgan fingerprint density at radius 2 is 1.64 bits per heavy atom. The minimum Gasteiger partial charge on any atom is -0.378 e. The highest BCUT2D eigenvalue weighted by Crippen LogP contribution is 2.30. The van der Waals surface area contributed by atoms with E-state index in [9.17, 15) is 19.7 Å². The van der Waals surface area contributed by atoms with E-state index in [1.807, 2.05) is 29.2 Å². The first-order valence-corrected chi connectivity index (χ1v) is 12.1. The molecule has 2 heterocycles. The summed E-state index contributed by atoms with van der Waals surface area (Å²) >= 11 is 5.37. The van der Waals surface area contributed by atoms with Gasteiger partial charge in [0.25, 0.3) is 11.6 Å². The SMILES string of the molecule is CC(=O)N1CCN(c2ccccc2NC(=S)NC(=O)c2ccc(N3CCOCC3)c([N+](=O)[O-])c2)CC1. The van der Waals surface area contributed by atoms with Crippen molar-refractivity contribution in [1.82, 2.24) is 10.2 Å². The molecule has 0 aromatic heterocycles. The molecule has 190 valence electrons. The maximum Gasteiger partial charge on any atom is 0.293 e. The first-order valence-electron chi connectivity index (χ1n) is 11.7. The number of amides is 2. The van der Waals surface area contributed by atoms with Crippen LogP contribution in [0.5, 0.6) is 0 Å². The first-order chi connectivity index (χ1) is 17.3. The van der Waals surface area contributed by atoms with Crippen LogP contribution in [0.1, 0.15) is 17.3 Å². The second-order valence-electron chi connectivity index (χ2n) is 8.48. The zero-order chi connectivity index (χ0) is 25.7. The van der Waals surface area contributed by atoms with Gasteiger partial charge in [0.05, 0.1) is 29.5 Å². The highest BCUT2D eigenvalue weighted by atomic mass is 32.1. The molecule has 0 spiro atoms. The third-order valence-corrected chi connectivity index (χ3v) is 6.44. The number of nitro groups is 1. The Balaban J connectivity index is 1.43. The van der Waals surface area contributed by atoms with Gasteiger partial charge in [0.15, 0.2) is 5.11 Å². The molecule has 2 aromatic carbocycles. The molecule has 2 saturated heterocycles. The summed E-state index contributed by atoms with van der Waals surface area (Å²) in [6.07, 6.45) is 0. The summed E-state index contributed by atoms with van der Waals surface area (Å²) in [5.74, 6) is -0.486. The summed E-state index contributed by atoms with van der Waals surface area (Å²) < 4.78 is 5.32. The number of morpholine rings is 1. The topological polar surface area (TPSA) is 120 Å². The van der Waals surface area contributed by atoms with Gasteiger partial charge in [0.2, 0.25) is 5.91 Å². The maximum atomic E-state index is 12.9. The molecule has 2 fully saturated rings. The molecule has 0 bridgehead atoms. The molecule has 2 aromatic rings.